The lowest BCUT2D eigenvalue weighted by atomic mass is 9.73. The van der Waals surface area contributed by atoms with E-state index in [9.17, 15) is 0 Å². The van der Waals surface area contributed by atoms with Crippen molar-refractivity contribution in [1.29, 1.82) is 0 Å². The molecule has 0 radical (unpaired) electrons. The van der Waals surface area contributed by atoms with Gasteiger partial charge in [0.05, 0.1) is 12.7 Å². The van der Waals surface area contributed by atoms with Gasteiger partial charge in [-0.3, -0.25) is 0 Å². The van der Waals surface area contributed by atoms with Gasteiger partial charge < -0.3 is 10.1 Å². The van der Waals surface area contributed by atoms with Gasteiger partial charge in [-0.15, -0.1) is 0 Å². The Hall–Kier alpha value is -0.860. The SMILES string of the molecule is CNC(CC1Cc2ccccc21)C1COC(C)C1. The molecule has 0 aromatic heterocycles. The minimum absolute atomic E-state index is 0.444. The van der Waals surface area contributed by atoms with Gasteiger partial charge in [0.25, 0.3) is 0 Å². The number of nitrogens with one attached hydrogen (secondary N) is 1. The maximum Gasteiger partial charge on any atom is 0.0551 e. The van der Waals surface area contributed by atoms with Crippen LogP contribution >= 0.6 is 0 Å². The van der Waals surface area contributed by atoms with E-state index >= 15 is 0 Å². The van der Waals surface area contributed by atoms with E-state index in [0.717, 1.165) is 12.5 Å². The third-order valence-electron chi connectivity index (χ3n) is 4.67. The molecule has 2 aliphatic rings. The van der Waals surface area contributed by atoms with Crippen molar-refractivity contribution >= 4 is 0 Å². The molecule has 2 heteroatoms. The number of benzene rings is 1. The highest BCUT2D eigenvalue weighted by Crippen LogP contribution is 2.39. The molecule has 1 aliphatic carbocycles. The van der Waals surface area contributed by atoms with E-state index in [1.807, 2.05) is 0 Å². The van der Waals surface area contributed by atoms with Crippen LogP contribution in [0.5, 0.6) is 0 Å². The van der Waals surface area contributed by atoms with Crippen LogP contribution in [0.25, 0.3) is 0 Å². The largest absolute Gasteiger partial charge is 0.378 e. The van der Waals surface area contributed by atoms with Gasteiger partial charge in [0.15, 0.2) is 0 Å². The Labute approximate surface area is 110 Å². The normalized spacial score (nSPS) is 31.8. The molecule has 4 unspecified atom stereocenters. The summed E-state index contributed by atoms with van der Waals surface area (Å²) in [7, 11) is 2.10. The first-order valence-electron chi connectivity index (χ1n) is 7.14. The van der Waals surface area contributed by atoms with Crippen LogP contribution in [0, 0.1) is 5.92 Å². The van der Waals surface area contributed by atoms with Crippen molar-refractivity contribution < 1.29 is 4.74 Å². The number of fused-ring (bicyclic) bond motifs is 1. The van der Waals surface area contributed by atoms with Crippen molar-refractivity contribution in [2.75, 3.05) is 13.7 Å². The van der Waals surface area contributed by atoms with Gasteiger partial charge in [0, 0.05) is 12.0 Å². The summed E-state index contributed by atoms with van der Waals surface area (Å²) in [6.07, 6.45) is 4.17. The molecule has 1 aromatic rings. The first-order chi connectivity index (χ1) is 8.78. The highest BCUT2D eigenvalue weighted by atomic mass is 16.5. The van der Waals surface area contributed by atoms with E-state index in [1.54, 1.807) is 11.1 Å². The molecule has 1 aromatic carbocycles. The van der Waals surface area contributed by atoms with Gasteiger partial charge in [-0.1, -0.05) is 24.3 Å². The van der Waals surface area contributed by atoms with E-state index in [0.29, 0.717) is 18.1 Å². The van der Waals surface area contributed by atoms with Crippen molar-refractivity contribution in [2.24, 2.45) is 5.92 Å². The first kappa shape index (κ1) is 12.2. The Morgan fingerprint density at radius 3 is 2.89 bits per heavy atom. The molecule has 1 N–H and O–H groups in total. The van der Waals surface area contributed by atoms with Crippen LogP contribution in [0.3, 0.4) is 0 Å². The Balaban J connectivity index is 1.62. The molecule has 4 atom stereocenters. The number of ether oxygens (including phenoxy) is 1. The Morgan fingerprint density at radius 2 is 2.22 bits per heavy atom. The van der Waals surface area contributed by atoms with Gasteiger partial charge >= 0.3 is 0 Å². The fraction of sp³-hybridized carbons (Fsp3) is 0.625. The minimum Gasteiger partial charge on any atom is -0.378 e. The predicted octanol–water partition coefficient (Wildman–Crippen LogP) is 2.73. The molecule has 0 spiro atoms. The molecule has 18 heavy (non-hydrogen) atoms. The summed E-state index contributed by atoms with van der Waals surface area (Å²) in [5, 5.41) is 3.51. The summed E-state index contributed by atoms with van der Waals surface area (Å²) in [4.78, 5) is 0. The second kappa shape index (κ2) is 5.02. The monoisotopic (exact) mass is 245 g/mol. The van der Waals surface area contributed by atoms with Crippen molar-refractivity contribution in [3.63, 3.8) is 0 Å². The molecule has 0 saturated carbocycles. The molecule has 1 fully saturated rings. The number of hydrogen-bond acceptors (Lipinski definition) is 2. The topological polar surface area (TPSA) is 21.3 Å². The molecule has 2 nitrogen and oxygen atoms in total. The summed E-state index contributed by atoms with van der Waals surface area (Å²) >= 11 is 0. The van der Waals surface area contributed by atoms with Gasteiger partial charge in [-0.05, 0) is 50.3 Å². The summed E-state index contributed by atoms with van der Waals surface area (Å²) in [6, 6.07) is 9.48. The van der Waals surface area contributed by atoms with Crippen molar-refractivity contribution in [1.82, 2.24) is 5.32 Å². The van der Waals surface area contributed by atoms with E-state index in [4.69, 9.17) is 4.74 Å². The van der Waals surface area contributed by atoms with E-state index in [2.05, 4.69) is 43.6 Å². The summed E-state index contributed by atoms with van der Waals surface area (Å²) in [5.74, 6) is 1.45. The van der Waals surface area contributed by atoms with Gasteiger partial charge in [-0.25, -0.2) is 0 Å². The van der Waals surface area contributed by atoms with Crippen LogP contribution in [0.1, 0.15) is 36.8 Å². The van der Waals surface area contributed by atoms with E-state index < -0.39 is 0 Å². The Kier molecular flexibility index (Phi) is 3.40. The van der Waals surface area contributed by atoms with Crippen LogP contribution in [0.2, 0.25) is 0 Å². The zero-order valence-electron chi connectivity index (χ0n) is 11.4. The lowest BCUT2D eigenvalue weighted by molar-refractivity contribution is 0.116. The van der Waals surface area contributed by atoms with Crippen LogP contribution < -0.4 is 5.32 Å². The van der Waals surface area contributed by atoms with E-state index in [1.165, 1.54) is 19.3 Å². The van der Waals surface area contributed by atoms with Crippen LogP contribution in [-0.2, 0) is 11.2 Å². The van der Waals surface area contributed by atoms with E-state index in [-0.39, 0.29) is 0 Å². The molecule has 0 bridgehead atoms. The second-order valence-corrected chi connectivity index (χ2v) is 5.87. The summed E-state index contributed by atoms with van der Waals surface area (Å²) in [5.41, 5.74) is 3.12. The van der Waals surface area contributed by atoms with Crippen molar-refractivity contribution in [3.05, 3.63) is 35.4 Å². The molecule has 1 aliphatic heterocycles. The van der Waals surface area contributed by atoms with Crippen molar-refractivity contribution in [3.8, 4) is 0 Å². The number of rotatable bonds is 4. The van der Waals surface area contributed by atoms with Crippen LogP contribution in [-0.4, -0.2) is 25.8 Å². The standard InChI is InChI=1S/C16H23NO/c1-11-7-14(10-18-11)16(17-2)9-13-8-12-5-3-4-6-15(12)13/h3-6,11,13-14,16-17H,7-10H2,1-2H3. The average molecular weight is 245 g/mol. The summed E-state index contributed by atoms with van der Waals surface area (Å²) in [6.45, 7) is 3.12. The fourth-order valence-corrected chi connectivity index (χ4v) is 3.56. The van der Waals surface area contributed by atoms with Gasteiger partial charge in [0.2, 0.25) is 0 Å². The molecule has 0 amide bonds. The second-order valence-electron chi connectivity index (χ2n) is 5.87. The van der Waals surface area contributed by atoms with Crippen molar-refractivity contribution in [2.45, 2.75) is 44.2 Å². The Bertz CT molecular complexity index is 417. The molecule has 98 valence electrons. The average Bonchev–Trinajstić information content (AvgIpc) is 2.77. The predicted molar refractivity (Wildman–Crippen MR) is 73.9 cm³/mol. The maximum absolute atomic E-state index is 5.71. The highest BCUT2D eigenvalue weighted by molar-refractivity contribution is 5.39. The summed E-state index contributed by atoms with van der Waals surface area (Å²) < 4.78 is 5.71. The van der Waals surface area contributed by atoms with Crippen LogP contribution in [0.4, 0.5) is 0 Å². The molecular formula is C16H23NO. The van der Waals surface area contributed by atoms with Crippen LogP contribution in [0.15, 0.2) is 24.3 Å². The fourth-order valence-electron chi connectivity index (χ4n) is 3.56. The maximum atomic E-state index is 5.71. The number of hydrogen-bond donors (Lipinski definition) is 1. The third kappa shape index (κ3) is 2.19. The molecule has 3 rings (SSSR count). The molecular weight excluding hydrogens is 222 g/mol. The quantitative estimate of drug-likeness (QED) is 0.880. The lowest BCUT2D eigenvalue weighted by Crippen LogP contribution is -2.37. The lowest BCUT2D eigenvalue weighted by Gasteiger charge is -2.34. The van der Waals surface area contributed by atoms with Gasteiger partial charge in [-0.2, -0.15) is 0 Å². The molecule has 1 saturated heterocycles. The molecule has 1 heterocycles. The minimum atomic E-state index is 0.444. The zero-order chi connectivity index (χ0) is 12.5. The third-order valence-corrected chi connectivity index (χ3v) is 4.67. The first-order valence-corrected chi connectivity index (χ1v) is 7.14. The zero-order valence-corrected chi connectivity index (χ0v) is 11.4. The smallest absolute Gasteiger partial charge is 0.0551 e. The van der Waals surface area contributed by atoms with Gasteiger partial charge in [0.1, 0.15) is 0 Å². The Morgan fingerprint density at radius 1 is 1.39 bits per heavy atom. The highest BCUT2D eigenvalue weighted by Gasteiger charge is 2.33.